The van der Waals surface area contributed by atoms with Crippen molar-refractivity contribution in [1.82, 2.24) is 20.0 Å². The summed E-state index contributed by atoms with van der Waals surface area (Å²) in [5, 5.41) is 4.12. The first-order valence-electron chi connectivity index (χ1n) is 7.24. The Labute approximate surface area is 119 Å². The Hall–Kier alpha value is -1.62. The van der Waals surface area contributed by atoms with E-state index in [-0.39, 0.29) is 5.41 Å². The van der Waals surface area contributed by atoms with Crippen LogP contribution < -0.4 is 0 Å². The third-order valence-corrected chi connectivity index (χ3v) is 3.80. The number of aromatic nitrogens is 3. The monoisotopic (exact) mass is 274 g/mol. The predicted molar refractivity (Wildman–Crippen MR) is 76.2 cm³/mol. The van der Waals surface area contributed by atoms with E-state index in [0.29, 0.717) is 11.9 Å². The van der Waals surface area contributed by atoms with Crippen LogP contribution in [0.15, 0.2) is 22.9 Å². The van der Waals surface area contributed by atoms with E-state index in [9.17, 15) is 0 Å². The topological polar surface area (TPSA) is 58.0 Å². The first-order chi connectivity index (χ1) is 9.54. The van der Waals surface area contributed by atoms with Gasteiger partial charge in [-0.15, -0.1) is 0 Å². The lowest BCUT2D eigenvalue weighted by Gasteiger charge is -2.21. The highest BCUT2D eigenvalue weighted by atomic mass is 16.5. The van der Waals surface area contributed by atoms with Gasteiger partial charge in [0.1, 0.15) is 0 Å². The second kappa shape index (κ2) is 5.05. The van der Waals surface area contributed by atoms with E-state index in [1.165, 1.54) is 18.5 Å². The Bertz CT molecular complexity index is 553. The van der Waals surface area contributed by atoms with Crippen molar-refractivity contribution >= 4 is 0 Å². The van der Waals surface area contributed by atoms with E-state index >= 15 is 0 Å². The highest BCUT2D eigenvalue weighted by molar-refractivity contribution is 5.11. The molecule has 1 atom stereocenters. The van der Waals surface area contributed by atoms with Gasteiger partial charge in [-0.25, -0.2) is 0 Å². The smallest absolute Gasteiger partial charge is 0.232 e. The SMILES string of the molecule is CC(C)(C)c1nc(CN2CCCC2c2ccc[nH]2)no1. The summed E-state index contributed by atoms with van der Waals surface area (Å²) < 4.78 is 5.37. The molecule has 1 unspecified atom stereocenters. The van der Waals surface area contributed by atoms with Crippen molar-refractivity contribution in [2.75, 3.05) is 6.54 Å². The van der Waals surface area contributed by atoms with E-state index in [4.69, 9.17) is 4.52 Å². The number of nitrogens with one attached hydrogen (secondary N) is 1. The lowest BCUT2D eigenvalue weighted by Crippen LogP contribution is -2.23. The van der Waals surface area contributed by atoms with Gasteiger partial charge in [0.05, 0.1) is 12.6 Å². The summed E-state index contributed by atoms with van der Waals surface area (Å²) in [6.45, 7) is 8.10. The van der Waals surface area contributed by atoms with Gasteiger partial charge in [0.2, 0.25) is 5.89 Å². The third-order valence-electron chi connectivity index (χ3n) is 3.80. The summed E-state index contributed by atoms with van der Waals surface area (Å²) in [7, 11) is 0. The summed E-state index contributed by atoms with van der Waals surface area (Å²) in [5.41, 5.74) is 1.19. The maximum Gasteiger partial charge on any atom is 0.232 e. The molecule has 108 valence electrons. The van der Waals surface area contributed by atoms with Crippen LogP contribution in [0.25, 0.3) is 0 Å². The van der Waals surface area contributed by atoms with Crippen LogP contribution in [0.2, 0.25) is 0 Å². The van der Waals surface area contributed by atoms with Crippen LogP contribution in [0.3, 0.4) is 0 Å². The molecule has 0 aromatic carbocycles. The van der Waals surface area contributed by atoms with Crippen LogP contribution in [0.1, 0.15) is 57.1 Å². The van der Waals surface area contributed by atoms with Crippen LogP contribution in [0, 0.1) is 0 Å². The second-order valence-corrected chi connectivity index (χ2v) is 6.52. The number of nitrogens with zero attached hydrogens (tertiary/aromatic N) is 3. The van der Waals surface area contributed by atoms with Gasteiger partial charge in [-0.1, -0.05) is 25.9 Å². The molecule has 0 radical (unpaired) electrons. The maximum atomic E-state index is 5.37. The fraction of sp³-hybridized carbons (Fsp3) is 0.600. The summed E-state index contributed by atoms with van der Waals surface area (Å²) in [6.07, 6.45) is 4.38. The van der Waals surface area contributed by atoms with Gasteiger partial charge in [-0.2, -0.15) is 4.98 Å². The van der Waals surface area contributed by atoms with Crippen molar-refractivity contribution in [3.63, 3.8) is 0 Å². The van der Waals surface area contributed by atoms with Gasteiger partial charge in [0.15, 0.2) is 5.82 Å². The lowest BCUT2D eigenvalue weighted by atomic mass is 9.97. The summed E-state index contributed by atoms with van der Waals surface area (Å²) in [5.74, 6) is 1.50. The van der Waals surface area contributed by atoms with E-state index < -0.39 is 0 Å². The summed E-state index contributed by atoms with van der Waals surface area (Å²) in [6, 6.07) is 4.65. The molecular formula is C15H22N4O. The van der Waals surface area contributed by atoms with Crippen LogP contribution in [-0.4, -0.2) is 26.6 Å². The number of hydrogen-bond acceptors (Lipinski definition) is 4. The van der Waals surface area contributed by atoms with Gasteiger partial charge >= 0.3 is 0 Å². The molecule has 20 heavy (non-hydrogen) atoms. The molecule has 1 fully saturated rings. The molecule has 0 amide bonds. The van der Waals surface area contributed by atoms with Crippen molar-refractivity contribution < 1.29 is 4.52 Å². The normalized spacial score (nSPS) is 20.6. The van der Waals surface area contributed by atoms with Gasteiger partial charge in [-0.05, 0) is 31.5 Å². The zero-order valence-corrected chi connectivity index (χ0v) is 12.4. The van der Waals surface area contributed by atoms with Gasteiger partial charge in [0, 0.05) is 17.3 Å². The Morgan fingerprint density at radius 3 is 2.95 bits per heavy atom. The molecule has 1 N–H and O–H groups in total. The second-order valence-electron chi connectivity index (χ2n) is 6.52. The van der Waals surface area contributed by atoms with Gasteiger partial charge < -0.3 is 9.51 Å². The van der Waals surface area contributed by atoms with Crippen molar-refractivity contribution in [2.45, 2.75) is 51.6 Å². The number of H-pyrrole nitrogens is 1. The molecule has 2 aromatic rings. The Balaban J connectivity index is 1.72. The van der Waals surface area contributed by atoms with Crippen LogP contribution in [-0.2, 0) is 12.0 Å². The average Bonchev–Trinajstić information content (AvgIpc) is 3.08. The van der Waals surface area contributed by atoms with E-state index in [1.54, 1.807) is 0 Å². The van der Waals surface area contributed by atoms with Gasteiger partial charge in [0.25, 0.3) is 0 Å². The summed E-state index contributed by atoms with van der Waals surface area (Å²) >= 11 is 0. The van der Waals surface area contributed by atoms with Gasteiger partial charge in [-0.3, -0.25) is 4.90 Å². The molecule has 5 nitrogen and oxygen atoms in total. The number of aromatic amines is 1. The quantitative estimate of drug-likeness (QED) is 0.934. The molecule has 1 saturated heterocycles. The molecule has 0 bridgehead atoms. The highest BCUT2D eigenvalue weighted by Gasteiger charge is 2.29. The van der Waals surface area contributed by atoms with Crippen LogP contribution in [0.5, 0.6) is 0 Å². The van der Waals surface area contributed by atoms with Crippen molar-refractivity contribution in [3.8, 4) is 0 Å². The molecule has 3 rings (SSSR count). The molecular weight excluding hydrogens is 252 g/mol. The van der Waals surface area contributed by atoms with E-state index in [1.807, 2.05) is 6.20 Å². The zero-order chi connectivity index (χ0) is 14.2. The summed E-state index contributed by atoms with van der Waals surface area (Å²) in [4.78, 5) is 10.3. The van der Waals surface area contributed by atoms with Crippen molar-refractivity contribution in [2.24, 2.45) is 0 Å². The highest BCUT2D eigenvalue weighted by Crippen LogP contribution is 2.32. The molecule has 3 heterocycles. The molecule has 0 aliphatic carbocycles. The lowest BCUT2D eigenvalue weighted by molar-refractivity contribution is 0.234. The first-order valence-corrected chi connectivity index (χ1v) is 7.24. The molecule has 0 saturated carbocycles. The maximum absolute atomic E-state index is 5.37. The minimum atomic E-state index is -0.0882. The minimum Gasteiger partial charge on any atom is -0.364 e. The molecule has 1 aliphatic heterocycles. The molecule has 2 aromatic heterocycles. The first kappa shape index (κ1) is 13.4. The number of hydrogen-bond donors (Lipinski definition) is 1. The van der Waals surface area contributed by atoms with Crippen molar-refractivity contribution in [3.05, 3.63) is 35.7 Å². The molecule has 0 spiro atoms. The molecule has 5 heteroatoms. The Morgan fingerprint density at radius 1 is 1.45 bits per heavy atom. The fourth-order valence-electron chi connectivity index (χ4n) is 2.72. The zero-order valence-electron chi connectivity index (χ0n) is 12.4. The Morgan fingerprint density at radius 2 is 2.30 bits per heavy atom. The van der Waals surface area contributed by atoms with Crippen LogP contribution >= 0.6 is 0 Å². The molecule has 1 aliphatic rings. The standard InChI is InChI=1S/C15H22N4O/c1-15(2,3)14-17-13(18-20-14)10-19-9-5-7-12(19)11-6-4-8-16-11/h4,6,8,12,16H,5,7,9-10H2,1-3H3. The largest absolute Gasteiger partial charge is 0.364 e. The predicted octanol–water partition coefficient (Wildman–Crippen LogP) is 3.03. The fourth-order valence-corrected chi connectivity index (χ4v) is 2.72. The van der Waals surface area contributed by atoms with E-state index in [0.717, 1.165) is 18.9 Å². The van der Waals surface area contributed by atoms with Crippen LogP contribution in [0.4, 0.5) is 0 Å². The average molecular weight is 274 g/mol. The number of likely N-dealkylation sites (tertiary alicyclic amines) is 1. The van der Waals surface area contributed by atoms with E-state index in [2.05, 4.69) is 52.9 Å². The Kier molecular flexibility index (Phi) is 3.38. The third kappa shape index (κ3) is 2.63. The minimum absolute atomic E-state index is 0.0882. The number of rotatable bonds is 3. The van der Waals surface area contributed by atoms with Crippen molar-refractivity contribution in [1.29, 1.82) is 0 Å².